The topological polar surface area (TPSA) is 192 Å². The Kier molecular flexibility index (Phi) is 6.62. The normalized spacial score (nSPS) is 19.8. The average Bonchev–Trinajstić information content (AvgIpc) is 3.37. The number of thioether (sulfide) groups is 2. The fourth-order valence-electron chi connectivity index (χ4n) is 3.40. The Hall–Kier alpha value is -3.04. The molecule has 1 fully saturated rings. The molecule has 174 valence electrons. The van der Waals surface area contributed by atoms with Crippen LogP contribution >= 0.6 is 34.9 Å². The molecule has 0 aromatic carbocycles. The molecule has 1 unspecified atom stereocenters. The van der Waals surface area contributed by atoms with E-state index < -0.39 is 29.3 Å². The maximum atomic E-state index is 12.7. The summed E-state index contributed by atoms with van der Waals surface area (Å²) in [5.74, 6) is -2.38. The summed E-state index contributed by atoms with van der Waals surface area (Å²) in [7, 11) is 0. The van der Waals surface area contributed by atoms with Crippen LogP contribution in [0, 0.1) is 0 Å². The summed E-state index contributed by atoms with van der Waals surface area (Å²) in [5.41, 5.74) is 6.90. The van der Waals surface area contributed by atoms with Gasteiger partial charge in [-0.1, -0.05) is 11.8 Å². The van der Waals surface area contributed by atoms with Gasteiger partial charge in [-0.2, -0.15) is 0 Å². The molecule has 2 aliphatic rings. The molecule has 1 saturated heterocycles. The van der Waals surface area contributed by atoms with Gasteiger partial charge in [-0.3, -0.25) is 24.4 Å². The molecule has 0 aliphatic carbocycles. The third-order valence-electron chi connectivity index (χ3n) is 4.90. The van der Waals surface area contributed by atoms with E-state index in [0.717, 1.165) is 11.8 Å². The van der Waals surface area contributed by atoms with E-state index in [4.69, 9.17) is 10.8 Å². The largest absolute Gasteiger partial charge is 0.481 e. The second kappa shape index (κ2) is 9.44. The Bertz CT molecular complexity index is 1160. The number of amides is 2. The maximum absolute atomic E-state index is 12.7. The summed E-state index contributed by atoms with van der Waals surface area (Å²) in [6.07, 6.45) is -0.261. The van der Waals surface area contributed by atoms with E-state index in [0.29, 0.717) is 21.9 Å². The number of carboxylic acid groups (broad SMARTS) is 2. The maximum Gasteiger partial charge on any atom is 0.352 e. The van der Waals surface area contributed by atoms with E-state index in [1.165, 1.54) is 28.0 Å². The number of hydrogen-bond acceptors (Lipinski definition) is 10. The van der Waals surface area contributed by atoms with Crippen LogP contribution in [0.4, 0.5) is 5.00 Å². The molecule has 0 bridgehead atoms. The molecule has 15 heteroatoms. The minimum absolute atomic E-state index is 0.0422. The van der Waals surface area contributed by atoms with Gasteiger partial charge in [-0.25, -0.2) is 9.78 Å². The number of anilines is 1. The van der Waals surface area contributed by atoms with Crippen molar-refractivity contribution in [3.63, 3.8) is 0 Å². The number of aromatic amines is 1. The van der Waals surface area contributed by atoms with Crippen LogP contribution in [0.5, 0.6) is 0 Å². The van der Waals surface area contributed by atoms with Crippen LogP contribution in [0.1, 0.15) is 11.4 Å². The summed E-state index contributed by atoms with van der Waals surface area (Å²) in [6.45, 7) is 0. The molecule has 2 atom stereocenters. The zero-order chi connectivity index (χ0) is 23.7. The zero-order valence-electron chi connectivity index (χ0n) is 16.8. The summed E-state index contributed by atoms with van der Waals surface area (Å²) >= 11 is 3.83. The molecule has 0 radical (unpaired) electrons. The lowest BCUT2D eigenvalue weighted by Gasteiger charge is -2.49. The van der Waals surface area contributed by atoms with Crippen molar-refractivity contribution in [2.24, 2.45) is 0 Å². The lowest BCUT2D eigenvalue weighted by Crippen LogP contribution is -2.70. The highest BCUT2D eigenvalue weighted by molar-refractivity contribution is 8.01. The number of nitrogens with one attached hydrogen (secondary N) is 2. The standard InChI is InChI=1S/C18H18N6O6S3/c19-14-7(1-2-31-14)3-10(25)21-12-15(28)24-13(17(29)30)8(5-32-16(12)24)6-33-18-20-9(22-23-18)4-11(26)27/h1-2,12,16H,3-6,19H2,(H,21,25)(H,26,27)(H,29,30)(H,20,22,23)/t12?,16-/m0/s1. The molecule has 6 N–H and O–H groups in total. The number of carbonyl (C=O) groups is 4. The number of hydrogen-bond donors (Lipinski definition) is 5. The fourth-order valence-corrected chi connectivity index (χ4v) is 6.37. The van der Waals surface area contributed by atoms with Gasteiger partial charge >= 0.3 is 11.9 Å². The van der Waals surface area contributed by atoms with E-state index in [9.17, 15) is 24.3 Å². The first kappa shape index (κ1) is 23.1. The van der Waals surface area contributed by atoms with E-state index in [1.54, 1.807) is 11.4 Å². The molecular weight excluding hydrogens is 492 g/mol. The molecule has 2 aromatic rings. The number of carbonyl (C=O) groups excluding carboxylic acids is 2. The monoisotopic (exact) mass is 510 g/mol. The van der Waals surface area contributed by atoms with Crippen molar-refractivity contribution in [1.29, 1.82) is 0 Å². The number of carboxylic acids is 2. The third kappa shape index (κ3) is 4.84. The molecule has 0 spiro atoms. The van der Waals surface area contributed by atoms with E-state index >= 15 is 0 Å². The van der Waals surface area contributed by atoms with Crippen molar-refractivity contribution >= 4 is 63.6 Å². The van der Waals surface area contributed by atoms with Crippen molar-refractivity contribution < 1.29 is 29.4 Å². The summed E-state index contributed by atoms with van der Waals surface area (Å²) in [4.78, 5) is 53.0. The van der Waals surface area contributed by atoms with Crippen LogP contribution in [-0.2, 0) is 32.0 Å². The molecule has 4 heterocycles. The third-order valence-corrected chi connectivity index (χ3v) is 7.96. The lowest BCUT2D eigenvalue weighted by molar-refractivity contribution is -0.150. The van der Waals surface area contributed by atoms with Gasteiger partial charge < -0.3 is 21.3 Å². The Morgan fingerprint density at radius 2 is 2.12 bits per heavy atom. The number of rotatable bonds is 9. The smallest absolute Gasteiger partial charge is 0.352 e. The highest BCUT2D eigenvalue weighted by Gasteiger charge is 2.54. The van der Waals surface area contributed by atoms with Gasteiger partial charge in [0, 0.05) is 11.5 Å². The van der Waals surface area contributed by atoms with Crippen molar-refractivity contribution in [2.45, 2.75) is 29.4 Å². The molecule has 2 amide bonds. The van der Waals surface area contributed by atoms with E-state index in [-0.39, 0.29) is 41.2 Å². The van der Waals surface area contributed by atoms with Gasteiger partial charge in [0.1, 0.15) is 29.4 Å². The summed E-state index contributed by atoms with van der Waals surface area (Å²) in [6, 6.07) is 0.940. The Balaban J connectivity index is 1.41. The van der Waals surface area contributed by atoms with Crippen LogP contribution in [0.3, 0.4) is 0 Å². The Morgan fingerprint density at radius 3 is 2.79 bits per heavy atom. The summed E-state index contributed by atoms with van der Waals surface area (Å²) in [5, 5.41) is 29.8. The Morgan fingerprint density at radius 1 is 1.33 bits per heavy atom. The number of aliphatic carboxylic acids is 2. The van der Waals surface area contributed by atoms with Crippen LogP contribution in [-0.4, -0.2) is 77.0 Å². The van der Waals surface area contributed by atoms with Crippen molar-refractivity contribution in [3.8, 4) is 0 Å². The lowest BCUT2D eigenvalue weighted by atomic mass is 10.0. The first-order valence-electron chi connectivity index (χ1n) is 9.51. The van der Waals surface area contributed by atoms with E-state index in [2.05, 4.69) is 20.5 Å². The predicted octanol–water partition coefficient (Wildman–Crippen LogP) is 0.149. The number of thiophene rings is 1. The van der Waals surface area contributed by atoms with Gasteiger partial charge in [-0.05, 0) is 22.6 Å². The molecule has 4 rings (SSSR count). The molecule has 33 heavy (non-hydrogen) atoms. The number of nitrogens with zero attached hydrogens (tertiary/aromatic N) is 3. The first-order chi connectivity index (χ1) is 15.7. The highest BCUT2D eigenvalue weighted by atomic mass is 32.2. The zero-order valence-corrected chi connectivity index (χ0v) is 19.3. The van der Waals surface area contributed by atoms with Gasteiger partial charge in [0.25, 0.3) is 5.91 Å². The van der Waals surface area contributed by atoms with Crippen molar-refractivity contribution in [1.82, 2.24) is 25.4 Å². The SMILES string of the molecule is Nc1sccc1CC(=O)NC1C(=O)N2C(C(=O)O)=C(CSc3n[nH]c(CC(=O)O)n3)CS[C@@H]12. The average molecular weight is 511 g/mol. The number of aromatic nitrogens is 3. The van der Waals surface area contributed by atoms with E-state index in [1.807, 2.05) is 0 Å². The minimum atomic E-state index is -1.23. The van der Waals surface area contributed by atoms with Crippen LogP contribution < -0.4 is 11.1 Å². The first-order valence-corrected chi connectivity index (χ1v) is 12.4. The number of nitrogen functional groups attached to an aromatic ring is 1. The summed E-state index contributed by atoms with van der Waals surface area (Å²) < 4.78 is 0. The molecule has 2 aliphatic heterocycles. The highest BCUT2D eigenvalue weighted by Crippen LogP contribution is 2.41. The number of fused-ring (bicyclic) bond motifs is 1. The van der Waals surface area contributed by atoms with Gasteiger partial charge in [0.2, 0.25) is 11.1 Å². The van der Waals surface area contributed by atoms with Crippen molar-refractivity contribution in [3.05, 3.63) is 34.1 Å². The van der Waals surface area contributed by atoms with Crippen molar-refractivity contribution in [2.75, 3.05) is 17.2 Å². The number of H-pyrrole nitrogens is 1. The second-order valence-electron chi connectivity index (χ2n) is 7.12. The second-order valence-corrected chi connectivity index (χ2v) is 10.1. The predicted molar refractivity (Wildman–Crippen MR) is 121 cm³/mol. The number of nitrogens with two attached hydrogens (primary N) is 1. The van der Waals surface area contributed by atoms with Gasteiger partial charge in [0.05, 0.1) is 11.4 Å². The molecular formula is C18H18N6O6S3. The minimum Gasteiger partial charge on any atom is -0.481 e. The quantitative estimate of drug-likeness (QED) is 0.228. The Labute approximate surface area is 199 Å². The van der Waals surface area contributed by atoms with Gasteiger partial charge in [-0.15, -0.1) is 28.2 Å². The molecule has 2 aromatic heterocycles. The number of β-lactam (4-membered cyclic amide) rings is 1. The van der Waals surface area contributed by atoms with Crippen LogP contribution in [0.25, 0.3) is 0 Å². The van der Waals surface area contributed by atoms with Gasteiger partial charge in [0.15, 0.2) is 0 Å². The molecule has 0 saturated carbocycles. The fraction of sp³-hybridized carbons (Fsp3) is 0.333. The molecule has 12 nitrogen and oxygen atoms in total. The van der Waals surface area contributed by atoms with Crippen LogP contribution in [0.15, 0.2) is 27.9 Å². The van der Waals surface area contributed by atoms with Crippen LogP contribution in [0.2, 0.25) is 0 Å².